The van der Waals surface area contributed by atoms with Gasteiger partial charge < -0.3 is 20.3 Å². The zero-order valence-electron chi connectivity index (χ0n) is 12.7. The largest absolute Gasteiger partial charge is 0.445 e. The lowest BCUT2D eigenvalue weighted by Gasteiger charge is -2.22. The fourth-order valence-electron chi connectivity index (χ4n) is 2.07. The summed E-state index contributed by atoms with van der Waals surface area (Å²) in [5.41, 5.74) is 0.797. The molecule has 0 saturated heterocycles. The van der Waals surface area contributed by atoms with Crippen molar-refractivity contribution in [2.45, 2.75) is 18.8 Å². The molecular formula is C17H17F2NO4. The lowest BCUT2D eigenvalue weighted by molar-refractivity contribution is 0.0761. The fraction of sp³-hybridized carbons (Fsp3) is 0.235. The third-order valence-corrected chi connectivity index (χ3v) is 3.38. The number of nitrogens with one attached hydrogen (secondary N) is 1. The fourth-order valence-corrected chi connectivity index (χ4v) is 2.07. The number of hydrogen-bond acceptors (Lipinski definition) is 4. The molecule has 2 rings (SSSR count). The van der Waals surface area contributed by atoms with Crippen LogP contribution in [0.4, 0.5) is 13.6 Å². The molecular weight excluding hydrogens is 320 g/mol. The predicted octanol–water partition coefficient (Wildman–Crippen LogP) is 2.29. The molecule has 0 heterocycles. The summed E-state index contributed by atoms with van der Waals surface area (Å²) in [6.07, 6.45) is -2.27. The summed E-state index contributed by atoms with van der Waals surface area (Å²) in [7, 11) is 0. The molecule has 2 unspecified atom stereocenters. The first-order chi connectivity index (χ1) is 11.5. The number of hydrogen-bond donors (Lipinski definition) is 3. The molecule has 2 aromatic rings. The third-order valence-electron chi connectivity index (χ3n) is 3.38. The van der Waals surface area contributed by atoms with E-state index in [-0.39, 0.29) is 12.2 Å². The highest BCUT2D eigenvalue weighted by Crippen LogP contribution is 2.19. The number of rotatable bonds is 6. The van der Waals surface area contributed by atoms with Gasteiger partial charge in [0.15, 0.2) is 11.6 Å². The van der Waals surface area contributed by atoms with E-state index in [9.17, 15) is 23.8 Å². The van der Waals surface area contributed by atoms with Gasteiger partial charge in [0.05, 0.1) is 12.6 Å². The Balaban J connectivity index is 1.94. The molecule has 0 saturated carbocycles. The first kappa shape index (κ1) is 17.8. The summed E-state index contributed by atoms with van der Waals surface area (Å²) < 4.78 is 31.1. The summed E-state index contributed by atoms with van der Waals surface area (Å²) in [5.74, 6) is -2.18. The Morgan fingerprint density at radius 2 is 1.83 bits per heavy atom. The predicted molar refractivity (Wildman–Crippen MR) is 82.0 cm³/mol. The van der Waals surface area contributed by atoms with Crippen molar-refractivity contribution in [1.82, 2.24) is 5.32 Å². The molecule has 0 radical (unpaired) electrons. The van der Waals surface area contributed by atoms with Crippen LogP contribution in [-0.4, -0.2) is 29.0 Å². The summed E-state index contributed by atoms with van der Waals surface area (Å²) in [6, 6.07) is 10.7. The molecule has 0 spiro atoms. The molecule has 0 aliphatic carbocycles. The summed E-state index contributed by atoms with van der Waals surface area (Å²) >= 11 is 0. The third kappa shape index (κ3) is 4.74. The minimum atomic E-state index is -1.42. The Labute approximate surface area is 137 Å². The molecule has 7 heteroatoms. The van der Waals surface area contributed by atoms with E-state index < -0.39 is 36.5 Å². The van der Waals surface area contributed by atoms with Crippen LogP contribution in [0.3, 0.4) is 0 Å². The second-order valence-corrected chi connectivity index (χ2v) is 5.11. The van der Waals surface area contributed by atoms with Crippen molar-refractivity contribution in [3.05, 3.63) is 71.3 Å². The van der Waals surface area contributed by atoms with Crippen LogP contribution in [0.5, 0.6) is 0 Å². The normalized spacial score (nSPS) is 13.2. The molecule has 0 fully saturated rings. The number of carbonyl (C=O) groups excluding carboxylic acids is 1. The van der Waals surface area contributed by atoms with Gasteiger partial charge in [0.1, 0.15) is 12.7 Å². The van der Waals surface area contributed by atoms with Crippen LogP contribution >= 0.6 is 0 Å². The van der Waals surface area contributed by atoms with Gasteiger partial charge in [-0.3, -0.25) is 0 Å². The van der Waals surface area contributed by atoms with Crippen molar-refractivity contribution < 1.29 is 28.5 Å². The summed E-state index contributed by atoms with van der Waals surface area (Å²) in [6.45, 7) is -0.591. The van der Waals surface area contributed by atoms with Crippen LogP contribution in [0.1, 0.15) is 17.2 Å². The molecule has 1 amide bonds. The zero-order valence-corrected chi connectivity index (χ0v) is 12.7. The van der Waals surface area contributed by atoms with E-state index in [1.165, 1.54) is 6.07 Å². The van der Waals surface area contributed by atoms with E-state index in [0.29, 0.717) is 0 Å². The van der Waals surface area contributed by atoms with Crippen molar-refractivity contribution in [1.29, 1.82) is 0 Å². The number of ether oxygens (including phenoxy) is 1. The number of amides is 1. The highest BCUT2D eigenvalue weighted by molar-refractivity contribution is 5.67. The first-order valence-electron chi connectivity index (χ1n) is 7.22. The van der Waals surface area contributed by atoms with Gasteiger partial charge in [-0.05, 0) is 23.3 Å². The number of carbonyl (C=O) groups is 1. The van der Waals surface area contributed by atoms with Crippen LogP contribution in [0.2, 0.25) is 0 Å². The van der Waals surface area contributed by atoms with Gasteiger partial charge >= 0.3 is 6.09 Å². The maximum absolute atomic E-state index is 13.2. The van der Waals surface area contributed by atoms with Gasteiger partial charge in [0.25, 0.3) is 0 Å². The number of halogens is 2. The maximum atomic E-state index is 13.2. The van der Waals surface area contributed by atoms with E-state index in [4.69, 9.17) is 4.74 Å². The zero-order chi connectivity index (χ0) is 17.5. The smallest absolute Gasteiger partial charge is 0.407 e. The maximum Gasteiger partial charge on any atom is 0.407 e. The Kier molecular flexibility index (Phi) is 6.22. The highest BCUT2D eigenvalue weighted by Gasteiger charge is 2.23. The van der Waals surface area contributed by atoms with Crippen molar-refractivity contribution in [3.8, 4) is 0 Å². The van der Waals surface area contributed by atoms with Gasteiger partial charge in [-0.25, -0.2) is 13.6 Å². The van der Waals surface area contributed by atoms with Crippen LogP contribution in [-0.2, 0) is 11.3 Å². The number of benzene rings is 2. The number of aliphatic hydroxyl groups excluding tert-OH is 2. The Bertz CT molecular complexity index is 682. The van der Waals surface area contributed by atoms with E-state index in [1.807, 2.05) is 6.07 Å². The second kappa shape index (κ2) is 8.37. The van der Waals surface area contributed by atoms with Crippen LogP contribution < -0.4 is 5.32 Å². The molecule has 0 aliphatic rings. The number of alkyl carbamates (subject to hydrolysis) is 1. The van der Waals surface area contributed by atoms with Crippen LogP contribution in [0.15, 0.2) is 48.5 Å². The highest BCUT2D eigenvalue weighted by atomic mass is 19.2. The Morgan fingerprint density at radius 3 is 2.46 bits per heavy atom. The minimum Gasteiger partial charge on any atom is -0.445 e. The van der Waals surface area contributed by atoms with E-state index in [1.54, 1.807) is 24.3 Å². The van der Waals surface area contributed by atoms with Gasteiger partial charge in [-0.1, -0.05) is 36.4 Å². The van der Waals surface area contributed by atoms with Crippen molar-refractivity contribution in [2.24, 2.45) is 0 Å². The van der Waals surface area contributed by atoms with Gasteiger partial charge in [0, 0.05) is 0 Å². The van der Waals surface area contributed by atoms with Crippen LogP contribution in [0.25, 0.3) is 0 Å². The van der Waals surface area contributed by atoms with Crippen LogP contribution in [0, 0.1) is 11.6 Å². The summed E-state index contributed by atoms with van der Waals surface area (Å²) in [5, 5.41) is 21.7. The van der Waals surface area contributed by atoms with Crippen molar-refractivity contribution >= 4 is 6.09 Å². The standard InChI is InChI=1S/C17H17F2NO4/c18-13-7-6-12(8-14(13)19)16(22)15(9-21)20-17(23)24-10-11-4-2-1-3-5-11/h1-8,15-16,21-22H,9-10H2,(H,20,23). The average molecular weight is 337 g/mol. The Hall–Kier alpha value is -2.51. The molecule has 24 heavy (non-hydrogen) atoms. The van der Waals surface area contributed by atoms with Gasteiger partial charge in [-0.2, -0.15) is 0 Å². The molecule has 2 aromatic carbocycles. The molecule has 2 atom stereocenters. The first-order valence-corrected chi connectivity index (χ1v) is 7.22. The Morgan fingerprint density at radius 1 is 1.12 bits per heavy atom. The second-order valence-electron chi connectivity index (χ2n) is 5.11. The molecule has 0 aromatic heterocycles. The summed E-state index contributed by atoms with van der Waals surface area (Å²) in [4.78, 5) is 11.8. The van der Waals surface area contributed by atoms with Gasteiger partial charge in [0.2, 0.25) is 0 Å². The lowest BCUT2D eigenvalue weighted by atomic mass is 10.0. The molecule has 0 bridgehead atoms. The average Bonchev–Trinajstić information content (AvgIpc) is 2.60. The van der Waals surface area contributed by atoms with E-state index in [0.717, 1.165) is 17.7 Å². The molecule has 3 N–H and O–H groups in total. The van der Waals surface area contributed by atoms with Crippen molar-refractivity contribution in [2.75, 3.05) is 6.61 Å². The number of aliphatic hydroxyl groups is 2. The lowest BCUT2D eigenvalue weighted by Crippen LogP contribution is -2.42. The quantitative estimate of drug-likeness (QED) is 0.756. The molecule has 128 valence electrons. The minimum absolute atomic E-state index is 0.0199. The monoisotopic (exact) mass is 337 g/mol. The SMILES string of the molecule is O=C(NC(CO)C(O)c1ccc(F)c(F)c1)OCc1ccccc1. The van der Waals surface area contributed by atoms with Crippen molar-refractivity contribution in [3.63, 3.8) is 0 Å². The van der Waals surface area contributed by atoms with E-state index >= 15 is 0 Å². The topological polar surface area (TPSA) is 78.8 Å². The van der Waals surface area contributed by atoms with Gasteiger partial charge in [-0.15, -0.1) is 0 Å². The molecule has 0 aliphatic heterocycles. The van der Waals surface area contributed by atoms with E-state index in [2.05, 4.69) is 5.32 Å². The molecule has 5 nitrogen and oxygen atoms in total.